The molecule has 0 radical (unpaired) electrons. The number of hydrogen-bond acceptors (Lipinski definition) is 2. The third-order valence-electron chi connectivity index (χ3n) is 3.50. The molecule has 1 aliphatic carbocycles. The second-order valence-corrected chi connectivity index (χ2v) is 6.17. The number of anilines is 1. The van der Waals surface area contributed by atoms with Crippen molar-refractivity contribution >= 4 is 33.5 Å². The summed E-state index contributed by atoms with van der Waals surface area (Å²) in [5.74, 6) is 0.868. The molecule has 0 bridgehead atoms. The van der Waals surface area contributed by atoms with Crippen molar-refractivity contribution in [3.05, 3.63) is 40.1 Å². The number of nitrogens with one attached hydrogen (secondary N) is 1. The smallest absolute Gasteiger partial charge is 0.207 e. The Kier molecular flexibility index (Phi) is 3.80. The fraction of sp³-hybridized carbons (Fsp3) is 0.357. The van der Waals surface area contributed by atoms with Gasteiger partial charge in [-0.1, -0.05) is 40.4 Å². The standard InChI is InChI=1S/C14H15BrClN3/c15-10-5-6-12(16)13(9-10)19-8-7-17-14(19)18-11-3-1-2-4-11/h5-9,11H,1-4H2,(H,17,18). The van der Waals surface area contributed by atoms with E-state index < -0.39 is 0 Å². The van der Waals surface area contributed by atoms with Crippen LogP contribution in [0.5, 0.6) is 0 Å². The van der Waals surface area contributed by atoms with Crippen LogP contribution < -0.4 is 5.32 Å². The fourth-order valence-electron chi connectivity index (χ4n) is 2.53. The van der Waals surface area contributed by atoms with E-state index in [0.717, 1.165) is 21.1 Å². The molecular weight excluding hydrogens is 326 g/mol. The average Bonchev–Trinajstić information content (AvgIpc) is 3.04. The van der Waals surface area contributed by atoms with Gasteiger partial charge in [0.05, 0.1) is 10.7 Å². The lowest BCUT2D eigenvalue weighted by Crippen LogP contribution is -2.17. The summed E-state index contributed by atoms with van der Waals surface area (Å²) >= 11 is 9.76. The Morgan fingerprint density at radius 2 is 2.11 bits per heavy atom. The van der Waals surface area contributed by atoms with E-state index in [1.54, 1.807) is 6.20 Å². The van der Waals surface area contributed by atoms with E-state index in [2.05, 4.69) is 26.2 Å². The van der Waals surface area contributed by atoms with Gasteiger partial charge in [0.2, 0.25) is 5.95 Å². The molecule has 1 N–H and O–H groups in total. The lowest BCUT2D eigenvalue weighted by atomic mass is 10.2. The van der Waals surface area contributed by atoms with Crippen LogP contribution >= 0.6 is 27.5 Å². The van der Waals surface area contributed by atoms with Gasteiger partial charge in [-0.3, -0.25) is 4.57 Å². The second-order valence-electron chi connectivity index (χ2n) is 4.84. The number of hydrogen-bond donors (Lipinski definition) is 1. The predicted molar refractivity (Wildman–Crippen MR) is 82.2 cm³/mol. The molecule has 1 saturated carbocycles. The summed E-state index contributed by atoms with van der Waals surface area (Å²) in [4.78, 5) is 4.40. The van der Waals surface area contributed by atoms with E-state index in [1.165, 1.54) is 25.7 Å². The van der Waals surface area contributed by atoms with Crippen LogP contribution in [-0.2, 0) is 0 Å². The molecular formula is C14H15BrClN3. The molecule has 1 aromatic carbocycles. The minimum Gasteiger partial charge on any atom is -0.353 e. The second kappa shape index (κ2) is 5.55. The van der Waals surface area contributed by atoms with Crippen molar-refractivity contribution in [2.75, 3.05) is 5.32 Å². The maximum atomic E-state index is 6.28. The molecule has 100 valence electrons. The van der Waals surface area contributed by atoms with E-state index in [4.69, 9.17) is 11.6 Å². The summed E-state index contributed by atoms with van der Waals surface area (Å²) in [7, 11) is 0. The third-order valence-corrected chi connectivity index (χ3v) is 4.31. The van der Waals surface area contributed by atoms with Crippen molar-refractivity contribution in [2.24, 2.45) is 0 Å². The molecule has 1 aliphatic rings. The van der Waals surface area contributed by atoms with Crippen molar-refractivity contribution in [3.8, 4) is 5.69 Å². The molecule has 0 saturated heterocycles. The van der Waals surface area contributed by atoms with Crippen LogP contribution in [0.2, 0.25) is 5.02 Å². The zero-order chi connectivity index (χ0) is 13.2. The fourth-order valence-corrected chi connectivity index (χ4v) is 3.09. The van der Waals surface area contributed by atoms with E-state index in [0.29, 0.717) is 6.04 Å². The number of imidazole rings is 1. The lowest BCUT2D eigenvalue weighted by Gasteiger charge is -2.15. The highest BCUT2D eigenvalue weighted by Gasteiger charge is 2.17. The van der Waals surface area contributed by atoms with Crippen molar-refractivity contribution in [1.82, 2.24) is 9.55 Å². The number of benzene rings is 1. The molecule has 0 unspecified atom stereocenters. The van der Waals surface area contributed by atoms with E-state index in [1.807, 2.05) is 29.0 Å². The van der Waals surface area contributed by atoms with E-state index >= 15 is 0 Å². The first kappa shape index (κ1) is 13.0. The minimum atomic E-state index is 0.534. The van der Waals surface area contributed by atoms with Crippen LogP contribution in [0.3, 0.4) is 0 Å². The van der Waals surface area contributed by atoms with Crippen molar-refractivity contribution in [3.63, 3.8) is 0 Å². The number of aromatic nitrogens is 2. The third kappa shape index (κ3) is 2.79. The number of rotatable bonds is 3. The Labute approximate surface area is 126 Å². The van der Waals surface area contributed by atoms with Crippen LogP contribution in [0.4, 0.5) is 5.95 Å². The Bertz CT molecular complexity index is 576. The SMILES string of the molecule is Clc1ccc(Br)cc1-n1ccnc1NC1CCCC1. The summed E-state index contributed by atoms with van der Waals surface area (Å²) in [5, 5.41) is 4.23. The first-order valence-corrected chi connectivity index (χ1v) is 7.66. The molecule has 5 heteroatoms. The molecule has 0 amide bonds. The summed E-state index contributed by atoms with van der Waals surface area (Å²) in [6.45, 7) is 0. The van der Waals surface area contributed by atoms with Crippen LogP contribution in [0.15, 0.2) is 35.1 Å². The van der Waals surface area contributed by atoms with E-state index in [-0.39, 0.29) is 0 Å². The molecule has 2 aromatic rings. The lowest BCUT2D eigenvalue weighted by molar-refractivity contribution is 0.740. The van der Waals surface area contributed by atoms with Crippen molar-refractivity contribution in [1.29, 1.82) is 0 Å². The maximum Gasteiger partial charge on any atom is 0.207 e. The largest absolute Gasteiger partial charge is 0.353 e. The van der Waals surface area contributed by atoms with Gasteiger partial charge in [-0.2, -0.15) is 0 Å². The van der Waals surface area contributed by atoms with Gasteiger partial charge in [-0.25, -0.2) is 4.98 Å². The Morgan fingerprint density at radius 1 is 1.32 bits per heavy atom. The summed E-state index contributed by atoms with van der Waals surface area (Å²) in [5.41, 5.74) is 0.939. The molecule has 0 atom stereocenters. The minimum absolute atomic E-state index is 0.534. The first-order valence-electron chi connectivity index (χ1n) is 6.49. The Balaban J connectivity index is 1.92. The topological polar surface area (TPSA) is 29.9 Å². The Hall–Kier alpha value is -1.00. The van der Waals surface area contributed by atoms with Crippen LogP contribution in [0.1, 0.15) is 25.7 Å². The predicted octanol–water partition coefficient (Wildman–Crippen LogP) is 4.64. The van der Waals surface area contributed by atoms with Gasteiger partial charge in [-0.05, 0) is 31.0 Å². The average molecular weight is 341 g/mol. The molecule has 0 spiro atoms. The molecule has 1 aromatic heterocycles. The van der Waals surface area contributed by atoms with Gasteiger partial charge in [0, 0.05) is 22.9 Å². The van der Waals surface area contributed by atoms with Gasteiger partial charge >= 0.3 is 0 Å². The van der Waals surface area contributed by atoms with Gasteiger partial charge in [0.1, 0.15) is 0 Å². The molecule has 3 nitrogen and oxygen atoms in total. The van der Waals surface area contributed by atoms with Crippen LogP contribution in [0, 0.1) is 0 Å². The number of halogens is 2. The van der Waals surface area contributed by atoms with Gasteiger partial charge in [0.15, 0.2) is 0 Å². The van der Waals surface area contributed by atoms with Crippen LogP contribution in [-0.4, -0.2) is 15.6 Å². The first-order chi connectivity index (χ1) is 9.24. The highest BCUT2D eigenvalue weighted by molar-refractivity contribution is 9.10. The van der Waals surface area contributed by atoms with Crippen molar-refractivity contribution < 1.29 is 0 Å². The molecule has 0 aliphatic heterocycles. The molecule has 19 heavy (non-hydrogen) atoms. The van der Waals surface area contributed by atoms with Gasteiger partial charge < -0.3 is 5.32 Å². The van der Waals surface area contributed by atoms with Gasteiger partial charge in [0.25, 0.3) is 0 Å². The molecule has 1 fully saturated rings. The summed E-state index contributed by atoms with van der Waals surface area (Å²) in [6.07, 6.45) is 8.78. The zero-order valence-corrected chi connectivity index (χ0v) is 12.8. The summed E-state index contributed by atoms with van der Waals surface area (Å²) < 4.78 is 3.01. The summed E-state index contributed by atoms with van der Waals surface area (Å²) in [6, 6.07) is 6.36. The quantitative estimate of drug-likeness (QED) is 0.882. The van der Waals surface area contributed by atoms with E-state index in [9.17, 15) is 0 Å². The Morgan fingerprint density at radius 3 is 2.89 bits per heavy atom. The monoisotopic (exact) mass is 339 g/mol. The molecule has 1 heterocycles. The molecule has 3 rings (SSSR count). The highest BCUT2D eigenvalue weighted by Crippen LogP contribution is 2.28. The van der Waals surface area contributed by atoms with Crippen molar-refractivity contribution in [2.45, 2.75) is 31.7 Å². The maximum absolute atomic E-state index is 6.28. The normalized spacial score (nSPS) is 15.9. The highest BCUT2D eigenvalue weighted by atomic mass is 79.9. The number of nitrogens with zero attached hydrogens (tertiary/aromatic N) is 2. The zero-order valence-electron chi connectivity index (χ0n) is 10.4. The van der Waals surface area contributed by atoms with Gasteiger partial charge in [-0.15, -0.1) is 0 Å². The van der Waals surface area contributed by atoms with Crippen LogP contribution in [0.25, 0.3) is 5.69 Å².